The van der Waals surface area contributed by atoms with E-state index in [0.29, 0.717) is 21.9 Å². The molecule has 0 aromatic heterocycles. The molecule has 0 radical (unpaired) electrons. The molecular formula is C25H24F3O5PS. The zero-order chi connectivity index (χ0) is 25.5. The summed E-state index contributed by atoms with van der Waals surface area (Å²) in [5.74, 6) is -0.229. The van der Waals surface area contributed by atoms with E-state index in [0.717, 1.165) is 0 Å². The Balaban J connectivity index is 2.08. The molecule has 0 aliphatic heterocycles. The summed E-state index contributed by atoms with van der Waals surface area (Å²) in [6.45, 7) is -1.91. The molecule has 0 heterocycles. The van der Waals surface area contributed by atoms with Crippen LogP contribution in [0.5, 0.6) is 5.75 Å². The third kappa shape index (κ3) is 7.07. The average Bonchev–Trinajstić information content (AvgIpc) is 2.86. The molecule has 35 heavy (non-hydrogen) atoms. The van der Waals surface area contributed by atoms with E-state index in [1.807, 2.05) is 0 Å². The smallest absolute Gasteiger partial charge is 0.413 e. The molecule has 0 aliphatic rings. The van der Waals surface area contributed by atoms with Gasteiger partial charge in [0.05, 0.1) is 18.5 Å². The molecule has 0 unspecified atom stereocenters. The van der Waals surface area contributed by atoms with E-state index in [9.17, 15) is 26.2 Å². The maximum atomic E-state index is 14.9. The van der Waals surface area contributed by atoms with Crippen LogP contribution in [0.1, 0.15) is 11.2 Å². The number of methoxy groups -OCH3 is 1. The quantitative estimate of drug-likeness (QED) is 0.207. The zero-order valence-electron chi connectivity index (χ0n) is 18.8. The van der Waals surface area contributed by atoms with Gasteiger partial charge >= 0.3 is 6.18 Å². The maximum Gasteiger partial charge on any atom is 0.413 e. The van der Waals surface area contributed by atoms with Crippen molar-refractivity contribution in [2.45, 2.75) is 11.8 Å². The second-order valence-corrected chi connectivity index (χ2v) is 12.2. The first-order valence-corrected chi connectivity index (χ1v) is 13.9. The first-order valence-electron chi connectivity index (χ1n) is 10.5. The lowest BCUT2D eigenvalue weighted by Crippen LogP contribution is -2.22. The largest absolute Gasteiger partial charge is 0.497 e. The van der Waals surface area contributed by atoms with Crippen LogP contribution in [-0.4, -0.2) is 34.1 Å². The molecule has 3 aromatic rings. The van der Waals surface area contributed by atoms with E-state index in [4.69, 9.17) is 4.74 Å². The zero-order valence-corrected chi connectivity index (χ0v) is 20.5. The van der Waals surface area contributed by atoms with Crippen molar-refractivity contribution in [2.24, 2.45) is 0 Å². The number of hydrogen-bond donors (Lipinski definition) is 0. The summed E-state index contributed by atoms with van der Waals surface area (Å²) in [4.78, 5) is 0. The molecule has 5 nitrogen and oxygen atoms in total. The van der Waals surface area contributed by atoms with Crippen LogP contribution in [0.3, 0.4) is 0 Å². The van der Waals surface area contributed by atoms with Crippen molar-refractivity contribution < 1.29 is 35.1 Å². The fourth-order valence-electron chi connectivity index (χ4n) is 3.52. The van der Waals surface area contributed by atoms with Crippen LogP contribution >= 0.6 is 7.14 Å². The van der Waals surface area contributed by atoms with Crippen LogP contribution in [0.15, 0.2) is 97.1 Å². The van der Waals surface area contributed by atoms with Crippen LogP contribution in [0.4, 0.5) is 13.2 Å². The van der Waals surface area contributed by atoms with E-state index in [1.54, 1.807) is 84.9 Å². The minimum atomic E-state index is -4.78. The monoisotopic (exact) mass is 524 g/mol. The molecule has 0 bridgehead atoms. The van der Waals surface area contributed by atoms with Crippen LogP contribution in [-0.2, 0) is 18.9 Å². The Hall–Kier alpha value is -2.87. The van der Waals surface area contributed by atoms with Gasteiger partial charge in [-0.25, -0.2) is 0 Å². The first kappa shape index (κ1) is 26.7. The topological polar surface area (TPSA) is 69.7 Å². The summed E-state index contributed by atoms with van der Waals surface area (Å²) in [7, 11) is -6.43. The number of benzene rings is 3. The average molecular weight is 524 g/mol. The Bertz CT molecular complexity index is 1230. The van der Waals surface area contributed by atoms with Gasteiger partial charge in [0.25, 0.3) is 10.1 Å². The third-order valence-corrected chi connectivity index (χ3v) is 9.61. The normalized spacial score (nSPS) is 13.6. The summed E-state index contributed by atoms with van der Waals surface area (Å²) < 4.78 is 85.4. The second-order valence-electron chi connectivity index (χ2n) is 7.58. The molecule has 0 amide bonds. The maximum absolute atomic E-state index is 14.9. The van der Waals surface area contributed by atoms with Crippen molar-refractivity contribution >= 4 is 27.9 Å². The van der Waals surface area contributed by atoms with Gasteiger partial charge in [0.15, 0.2) is 13.7 Å². The minimum absolute atomic E-state index is 0.549. The Morgan fingerprint density at radius 1 is 0.886 bits per heavy atom. The van der Waals surface area contributed by atoms with Crippen molar-refractivity contribution in [1.29, 1.82) is 0 Å². The van der Waals surface area contributed by atoms with E-state index >= 15 is 0 Å². The molecule has 0 saturated heterocycles. The second kappa shape index (κ2) is 11.2. The molecule has 3 rings (SSSR count). The minimum Gasteiger partial charge on any atom is -0.497 e. The van der Waals surface area contributed by atoms with Crippen molar-refractivity contribution in [2.75, 3.05) is 19.5 Å². The van der Waals surface area contributed by atoms with Crippen molar-refractivity contribution in [3.8, 4) is 5.75 Å². The van der Waals surface area contributed by atoms with Gasteiger partial charge < -0.3 is 9.30 Å². The number of alkyl halides is 3. The van der Waals surface area contributed by atoms with Gasteiger partial charge in [-0.1, -0.05) is 84.9 Å². The van der Waals surface area contributed by atoms with Gasteiger partial charge in [0, 0.05) is 10.6 Å². The van der Waals surface area contributed by atoms with Crippen molar-refractivity contribution in [3.63, 3.8) is 0 Å². The summed E-state index contributed by atoms with van der Waals surface area (Å²) in [5, 5.41) is 1.10. The van der Waals surface area contributed by atoms with Gasteiger partial charge in [-0.2, -0.15) is 21.6 Å². The van der Waals surface area contributed by atoms with E-state index < -0.39 is 41.5 Å². The SMILES string of the molecule is COc1ccc([C@H](/C=C\CS(=O)(=O)OCC(F)(F)F)P(=O)(c2ccccc2)c2ccccc2)cc1. The number of halogens is 3. The Labute approximate surface area is 202 Å². The lowest BCUT2D eigenvalue weighted by Gasteiger charge is -2.27. The van der Waals surface area contributed by atoms with Crippen LogP contribution < -0.4 is 15.3 Å². The van der Waals surface area contributed by atoms with Gasteiger partial charge in [-0.3, -0.25) is 4.18 Å². The van der Waals surface area contributed by atoms with Crippen LogP contribution in [0.2, 0.25) is 0 Å². The van der Waals surface area contributed by atoms with Crippen LogP contribution in [0.25, 0.3) is 0 Å². The highest BCUT2D eigenvalue weighted by molar-refractivity contribution is 7.86. The molecule has 3 aromatic carbocycles. The Morgan fingerprint density at radius 2 is 1.40 bits per heavy atom. The summed E-state index contributed by atoms with van der Waals surface area (Å²) in [5.41, 5.74) is -0.192. The van der Waals surface area contributed by atoms with E-state index in [2.05, 4.69) is 4.18 Å². The van der Waals surface area contributed by atoms with Crippen molar-refractivity contribution in [1.82, 2.24) is 0 Å². The molecule has 0 N–H and O–H groups in total. The molecule has 0 spiro atoms. The molecule has 0 fully saturated rings. The predicted octanol–water partition coefficient (Wildman–Crippen LogP) is 5.22. The highest BCUT2D eigenvalue weighted by Gasteiger charge is 2.36. The number of ether oxygens (including phenoxy) is 1. The summed E-state index contributed by atoms with van der Waals surface area (Å²) >= 11 is 0. The summed E-state index contributed by atoms with van der Waals surface area (Å²) in [6.07, 6.45) is -2.14. The Kier molecular flexibility index (Phi) is 8.59. The van der Waals surface area contributed by atoms with Gasteiger partial charge in [0.2, 0.25) is 0 Å². The van der Waals surface area contributed by atoms with Crippen molar-refractivity contribution in [3.05, 3.63) is 103 Å². The highest BCUT2D eigenvalue weighted by Crippen LogP contribution is 2.58. The number of allylic oxidation sites excluding steroid dienone is 1. The highest BCUT2D eigenvalue weighted by atomic mass is 32.2. The van der Waals surface area contributed by atoms with Crippen LogP contribution in [0, 0.1) is 0 Å². The molecular weight excluding hydrogens is 500 g/mol. The number of rotatable bonds is 10. The lowest BCUT2D eigenvalue weighted by atomic mass is 10.1. The van der Waals surface area contributed by atoms with E-state index in [1.165, 1.54) is 19.3 Å². The molecule has 10 heteroatoms. The fraction of sp³-hybridized carbons (Fsp3) is 0.200. The third-order valence-electron chi connectivity index (χ3n) is 5.15. The van der Waals surface area contributed by atoms with Gasteiger partial charge in [0.1, 0.15) is 5.75 Å². The van der Waals surface area contributed by atoms with E-state index in [-0.39, 0.29) is 0 Å². The predicted molar refractivity (Wildman–Crippen MR) is 130 cm³/mol. The molecule has 0 saturated carbocycles. The van der Waals surface area contributed by atoms with Gasteiger partial charge in [-0.05, 0) is 17.7 Å². The lowest BCUT2D eigenvalue weighted by molar-refractivity contribution is -0.152. The summed E-state index contributed by atoms with van der Waals surface area (Å²) in [6, 6.07) is 24.4. The Morgan fingerprint density at radius 3 is 1.86 bits per heavy atom. The van der Waals surface area contributed by atoms with Gasteiger partial charge in [-0.15, -0.1) is 0 Å². The standard InChI is InChI=1S/C25H24F3O5PS/c1-32-21-16-14-20(15-17-21)24(13-8-18-35(30,31)33-19-25(26,27)28)34(29,22-9-4-2-5-10-22)23-11-6-3-7-12-23/h2-17,24H,18-19H2,1H3/b13-8-/t24-/m0/s1. The number of hydrogen-bond acceptors (Lipinski definition) is 5. The molecule has 0 aliphatic carbocycles. The molecule has 1 atom stereocenters. The fourth-order valence-corrected chi connectivity index (χ4v) is 7.40. The first-order chi connectivity index (χ1) is 16.5. The molecule has 186 valence electrons.